The summed E-state index contributed by atoms with van der Waals surface area (Å²) in [5.41, 5.74) is 1.36. The van der Waals surface area contributed by atoms with E-state index in [2.05, 4.69) is 9.97 Å². The lowest BCUT2D eigenvalue weighted by atomic mass is 10.2. The number of nitro groups is 1. The molecule has 0 aliphatic rings. The van der Waals surface area contributed by atoms with Gasteiger partial charge in [-0.1, -0.05) is 6.07 Å². The summed E-state index contributed by atoms with van der Waals surface area (Å²) in [6.07, 6.45) is 1.23. The fourth-order valence-electron chi connectivity index (χ4n) is 2.16. The maximum absolute atomic E-state index is 10.9. The Morgan fingerprint density at radius 1 is 1.29 bits per heavy atom. The first-order valence-corrected chi connectivity index (χ1v) is 6.21. The van der Waals surface area contributed by atoms with Crippen LogP contribution in [0.15, 0.2) is 36.5 Å². The molecule has 7 nitrogen and oxygen atoms in total. The number of imidazole rings is 1. The minimum atomic E-state index is -0.470. The van der Waals surface area contributed by atoms with Crippen molar-refractivity contribution < 1.29 is 9.66 Å². The van der Waals surface area contributed by atoms with Crippen LogP contribution in [0.25, 0.3) is 22.4 Å². The number of fused-ring (bicyclic) bond motifs is 1. The molecule has 0 N–H and O–H groups in total. The lowest BCUT2D eigenvalue weighted by molar-refractivity contribution is -0.391. The summed E-state index contributed by atoms with van der Waals surface area (Å²) < 4.78 is 6.58. The van der Waals surface area contributed by atoms with Gasteiger partial charge in [-0.05, 0) is 29.2 Å². The zero-order valence-corrected chi connectivity index (χ0v) is 11.5. The quantitative estimate of drug-likeness (QED) is 0.545. The van der Waals surface area contributed by atoms with Crippen LogP contribution in [0.2, 0.25) is 0 Å². The van der Waals surface area contributed by atoms with Gasteiger partial charge in [0.15, 0.2) is 0 Å². The predicted octanol–water partition coefficient (Wildman–Crippen LogP) is 2.55. The topological polar surface area (TPSA) is 83.1 Å². The first kappa shape index (κ1) is 13.0. The van der Waals surface area contributed by atoms with Gasteiger partial charge in [0.2, 0.25) is 5.82 Å². The van der Waals surface area contributed by atoms with E-state index in [-0.39, 0.29) is 5.82 Å². The highest BCUT2D eigenvalue weighted by Gasteiger charge is 2.19. The van der Waals surface area contributed by atoms with E-state index in [0.717, 1.165) is 16.7 Å². The number of hydrogen-bond acceptors (Lipinski definition) is 5. The molecule has 21 heavy (non-hydrogen) atoms. The Morgan fingerprint density at radius 2 is 2.10 bits per heavy atom. The van der Waals surface area contributed by atoms with E-state index in [4.69, 9.17) is 4.74 Å². The largest absolute Gasteiger partial charge is 0.497 e. The first-order chi connectivity index (χ1) is 10.1. The average molecular weight is 284 g/mol. The second kappa shape index (κ2) is 4.86. The number of rotatable bonds is 3. The van der Waals surface area contributed by atoms with Crippen LogP contribution in [0, 0.1) is 10.1 Å². The molecule has 3 rings (SSSR count). The van der Waals surface area contributed by atoms with Gasteiger partial charge in [0, 0.05) is 5.39 Å². The Kier molecular flexibility index (Phi) is 3.02. The van der Waals surface area contributed by atoms with Crippen LogP contribution in [0.4, 0.5) is 5.82 Å². The standard InChI is InChI=1S/C14H12N4O3/c1-17-13(18(19)20)8-15-14(17)12-5-3-9-7-10(21-2)4-6-11(9)16-12/h3-8H,1-2H3. The van der Waals surface area contributed by atoms with Gasteiger partial charge in [-0.2, -0.15) is 0 Å². The summed E-state index contributed by atoms with van der Waals surface area (Å²) >= 11 is 0. The zero-order valence-electron chi connectivity index (χ0n) is 11.5. The van der Waals surface area contributed by atoms with E-state index < -0.39 is 4.92 Å². The smallest absolute Gasteiger partial charge is 0.342 e. The molecular weight excluding hydrogens is 272 g/mol. The van der Waals surface area contributed by atoms with Gasteiger partial charge < -0.3 is 14.9 Å². The Hall–Kier alpha value is -2.96. The van der Waals surface area contributed by atoms with Gasteiger partial charge in [-0.25, -0.2) is 14.5 Å². The second-order valence-corrected chi connectivity index (χ2v) is 4.51. The van der Waals surface area contributed by atoms with Crippen molar-refractivity contribution in [2.24, 2.45) is 7.05 Å². The van der Waals surface area contributed by atoms with Crippen LogP contribution >= 0.6 is 0 Å². The summed E-state index contributed by atoms with van der Waals surface area (Å²) in [5.74, 6) is 1.14. The molecule has 0 fully saturated rings. The summed E-state index contributed by atoms with van der Waals surface area (Å²) in [6.45, 7) is 0. The van der Waals surface area contributed by atoms with Gasteiger partial charge in [-0.3, -0.25) is 0 Å². The Balaban J connectivity index is 2.11. The van der Waals surface area contributed by atoms with Gasteiger partial charge in [0.05, 0.1) is 19.7 Å². The Labute approximate surface area is 120 Å². The lowest BCUT2D eigenvalue weighted by Crippen LogP contribution is -2.00. The number of nitrogens with zero attached hydrogens (tertiary/aromatic N) is 4. The minimum Gasteiger partial charge on any atom is -0.497 e. The molecule has 0 bridgehead atoms. The molecule has 1 aromatic carbocycles. The summed E-state index contributed by atoms with van der Waals surface area (Å²) in [6, 6.07) is 9.22. The third kappa shape index (κ3) is 2.18. The third-order valence-electron chi connectivity index (χ3n) is 3.28. The van der Waals surface area contributed by atoms with Gasteiger partial charge in [0.1, 0.15) is 17.6 Å². The zero-order chi connectivity index (χ0) is 15.0. The predicted molar refractivity (Wildman–Crippen MR) is 77.2 cm³/mol. The molecule has 2 heterocycles. The number of hydrogen-bond donors (Lipinski definition) is 0. The molecule has 2 aromatic heterocycles. The van der Waals surface area contributed by atoms with E-state index in [1.807, 2.05) is 24.3 Å². The summed E-state index contributed by atoms with van der Waals surface area (Å²) in [4.78, 5) is 19.0. The van der Waals surface area contributed by atoms with E-state index in [0.29, 0.717) is 11.5 Å². The maximum atomic E-state index is 10.9. The number of methoxy groups -OCH3 is 1. The van der Waals surface area contributed by atoms with Crippen LogP contribution in [0.3, 0.4) is 0 Å². The molecule has 0 unspecified atom stereocenters. The fourth-order valence-corrected chi connectivity index (χ4v) is 2.16. The highest BCUT2D eigenvalue weighted by atomic mass is 16.6. The molecule has 0 radical (unpaired) electrons. The molecule has 0 saturated heterocycles. The number of aromatic nitrogens is 3. The number of ether oxygens (including phenoxy) is 1. The Bertz CT molecular complexity index is 841. The van der Waals surface area contributed by atoms with Crippen molar-refractivity contribution in [1.82, 2.24) is 14.5 Å². The molecule has 0 aliphatic carbocycles. The van der Waals surface area contributed by atoms with Crippen LogP contribution in [0.1, 0.15) is 0 Å². The van der Waals surface area contributed by atoms with Gasteiger partial charge in [-0.15, -0.1) is 0 Å². The van der Waals surface area contributed by atoms with E-state index in [1.165, 1.54) is 10.8 Å². The molecule has 3 aromatic rings. The van der Waals surface area contributed by atoms with Crippen molar-refractivity contribution in [3.05, 3.63) is 46.6 Å². The average Bonchev–Trinajstić information content (AvgIpc) is 2.88. The van der Waals surface area contributed by atoms with E-state index >= 15 is 0 Å². The van der Waals surface area contributed by atoms with Crippen molar-refractivity contribution in [3.63, 3.8) is 0 Å². The number of pyridine rings is 1. The second-order valence-electron chi connectivity index (χ2n) is 4.51. The molecule has 0 saturated carbocycles. The highest BCUT2D eigenvalue weighted by Crippen LogP contribution is 2.25. The number of benzene rings is 1. The van der Waals surface area contributed by atoms with E-state index in [1.54, 1.807) is 20.2 Å². The third-order valence-corrected chi connectivity index (χ3v) is 3.28. The molecule has 0 atom stereocenters. The molecular formula is C14H12N4O3. The molecule has 7 heteroatoms. The molecule has 106 valence electrons. The van der Waals surface area contributed by atoms with Crippen molar-refractivity contribution in [1.29, 1.82) is 0 Å². The minimum absolute atomic E-state index is 0.0679. The van der Waals surface area contributed by atoms with Crippen LogP contribution in [-0.2, 0) is 7.05 Å². The summed E-state index contributed by atoms with van der Waals surface area (Å²) in [7, 11) is 3.20. The normalized spacial score (nSPS) is 10.8. The van der Waals surface area contributed by atoms with Crippen molar-refractivity contribution in [3.8, 4) is 17.3 Å². The van der Waals surface area contributed by atoms with E-state index in [9.17, 15) is 10.1 Å². The van der Waals surface area contributed by atoms with Gasteiger partial charge >= 0.3 is 5.82 Å². The van der Waals surface area contributed by atoms with Crippen LogP contribution in [0.5, 0.6) is 5.75 Å². The van der Waals surface area contributed by atoms with Gasteiger partial charge in [0.25, 0.3) is 0 Å². The maximum Gasteiger partial charge on any atom is 0.342 e. The van der Waals surface area contributed by atoms with Crippen molar-refractivity contribution >= 4 is 16.7 Å². The van der Waals surface area contributed by atoms with Crippen molar-refractivity contribution in [2.75, 3.05) is 7.11 Å². The Morgan fingerprint density at radius 3 is 2.76 bits per heavy atom. The lowest BCUT2D eigenvalue weighted by Gasteiger charge is -2.03. The first-order valence-electron chi connectivity index (χ1n) is 6.21. The van der Waals surface area contributed by atoms with Crippen LogP contribution in [-0.4, -0.2) is 26.6 Å². The van der Waals surface area contributed by atoms with Crippen LogP contribution < -0.4 is 4.74 Å². The monoisotopic (exact) mass is 284 g/mol. The SMILES string of the molecule is COc1ccc2nc(-c3ncc([N+](=O)[O-])n3C)ccc2c1. The molecule has 0 spiro atoms. The molecule has 0 amide bonds. The fraction of sp³-hybridized carbons (Fsp3) is 0.143. The van der Waals surface area contributed by atoms with Crippen molar-refractivity contribution in [2.45, 2.75) is 0 Å². The summed E-state index contributed by atoms with van der Waals surface area (Å²) in [5, 5.41) is 11.8. The molecule has 0 aliphatic heterocycles. The highest BCUT2D eigenvalue weighted by molar-refractivity contribution is 5.82.